The van der Waals surface area contributed by atoms with Crippen LogP contribution in [-0.4, -0.2) is 51.7 Å². The van der Waals surface area contributed by atoms with Crippen molar-refractivity contribution in [1.29, 1.82) is 0 Å². The maximum Gasteiger partial charge on any atom is 0.324 e. The Morgan fingerprint density at radius 2 is 1.82 bits per heavy atom. The number of likely N-dealkylation sites (tertiary alicyclic amines) is 1. The lowest BCUT2D eigenvalue weighted by molar-refractivity contribution is 0.183. The van der Waals surface area contributed by atoms with Gasteiger partial charge in [-0.1, -0.05) is 38.3 Å². The molecular formula is C30H34N6O3. The van der Waals surface area contributed by atoms with Gasteiger partial charge in [0.25, 0.3) is 0 Å². The van der Waals surface area contributed by atoms with Gasteiger partial charge in [0.2, 0.25) is 0 Å². The summed E-state index contributed by atoms with van der Waals surface area (Å²) in [5, 5.41) is 9.37. The summed E-state index contributed by atoms with van der Waals surface area (Å²) in [7, 11) is 0. The van der Waals surface area contributed by atoms with Gasteiger partial charge in [-0.25, -0.2) is 9.78 Å². The number of benzene rings is 1. The summed E-state index contributed by atoms with van der Waals surface area (Å²) in [5.41, 5.74) is 2.75. The highest BCUT2D eigenvalue weighted by Crippen LogP contribution is 2.24. The van der Waals surface area contributed by atoms with Crippen LogP contribution in [0, 0.1) is 11.8 Å². The molecular weight excluding hydrogens is 492 g/mol. The zero-order valence-electron chi connectivity index (χ0n) is 22.7. The molecule has 0 atom stereocenters. The summed E-state index contributed by atoms with van der Waals surface area (Å²) >= 11 is 0. The lowest BCUT2D eigenvalue weighted by atomic mass is 9.93. The van der Waals surface area contributed by atoms with Gasteiger partial charge in [-0.2, -0.15) is 0 Å². The lowest BCUT2D eigenvalue weighted by Gasteiger charge is -2.26. The van der Waals surface area contributed by atoms with E-state index >= 15 is 0 Å². The molecule has 1 aliphatic rings. The number of anilines is 2. The van der Waals surface area contributed by atoms with Crippen molar-refractivity contribution in [3.05, 3.63) is 71.9 Å². The van der Waals surface area contributed by atoms with E-state index in [1.165, 1.54) is 32.4 Å². The van der Waals surface area contributed by atoms with Crippen molar-refractivity contribution in [1.82, 2.24) is 19.4 Å². The summed E-state index contributed by atoms with van der Waals surface area (Å²) in [5.74, 6) is 8.13. The number of carbonyl (C=O) groups is 1. The highest BCUT2D eigenvalue weighted by atomic mass is 16.5. The van der Waals surface area contributed by atoms with Gasteiger partial charge in [-0.3, -0.25) is 10.2 Å². The molecule has 1 aliphatic heterocycles. The van der Waals surface area contributed by atoms with Gasteiger partial charge in [0.15, 0.2) is 5.82 Å². The van der Waals surface area contributed by atoms with Crippen molar-refractivity contribution >= 4 is 23.2 Å². The highest BCUT2D eigenvalue weighted by molar-refractivity contribution is 5.99. The van der Waals surface area contributed by atoms with Crippen LogP contribution in [0.1, 0.15) is 57.1 Å². The number of carbonyl (C=O) groups excluding carboxylic acids is 1. The van der Waals surface area contributed by atoms with E-state index in [1.807, 2.05) is 61.8 Å². The number of hydrogen-bond acceptors (Lipinski definition) is 6. The fourth-order valence-electron chi connectivity index (χ4n) is 4.33. The van der Waals surface area contributed by atoms with E-state index in [4.69, 9.17) is 9.26 Å². The number of aromatic nitrogens is 3. The van der Waals surface area contributed by atoms with E-state index in [9.17, 15) is 4.79 Å². The first-order chi connectivity index (χ1) is 18.8. The number of nitrogens with zero attached hydrogens (tertiary/aromatic N) is 4. The fraction of sp³-hybridized carbons (Fsp3) is 0.367. The smallest absolute Gasteiger partial charge is 0.324 e. The van der Waals surface area contributed by atoms with Crippen LogP contribution < -0.4 is 15.4 Å². The average Bonchev–Trinajstić information content (AvgIpc) is 3.55. The molecule has 0 radical (unpaired) electrons. The van der Waals surface area contributed by atoms with E-state index in [0.717, 1.165) is 23.5 Å². The molecule has 1 fully saturated rings. The van der Waals surface area contributed by atoms with Gasteiger partial charge >= 0.3 is 6.03 Å². The molecule has 202 valence electrons. The van der Waals surface area contributed by atoms with Crippen LogP contribution in [0.15, 0.2) is 59.4 Å². The number of pyridine rings is 1. The van der Waals surface area contributed by atoms with E-state index in [0.29, 0.717) is 29.6 Å². The monoisotopic (exact) mass is 526 g/mol. The van der Waals surface area contributed by atoms with Crippen molar-refractivity contribution in [3.63, 3.8) is 0 Å². The van der Waals surface area contributed by atoms with Crippen LogP contribution in [0.3, 0.4) is 0 Å². The molecule has 3 aromatic heterocycles. The minimum absolute atomic E-state index is 0.187. The van der Waals surface area contributed by atoms with Crippen molar-refractivity contribution < 1.29 is 14.1 Å². The topological polar surface area (TPSA) is 96.9 Å². The van der Waals surface area contributed by atoms with E-state index in [-0.39, 0.29) is 5.41 Å². The normalized spacial score (nSPS) is 14.0. The van der Waals surface area contributed by atoms with E-state index in [1.54, 1.807) is 18.2 Å². The van der Waals surface area contributed by atoms with Gasteiger partial charge in [0.05, 0.1) is 6.20 Å². The largest absolute Gasteiger partial charge is 0.491 e. The first-order valence-corrected chi connectivity index (χ1v) is 13.3. The summed E-state index contributed by atoms with van der Waals surface area (Å²) in [4.78, 5) is 19.4. The molecule has 0 unspecified atom stereocenters. The minimum atomic E-state index is -0.401. The highest BCUT2D eigenvalue weighted by Gasteiger charge is 2.20. The Balaban J connectivity index is 1.14. The molecule has 0 bridgehead atoms. The van der Waals surface area contributed by atoms with Gasteiger partial charge in [-0.15, -0.1) is 0 Å². The van der Waals surface area contributed by atoms with Crippen molar-refractivity contribution in [3.8, 4) is 17.6 Å². The summed E-state index contributed by atoms with van der Waals surface area (Å²) in [6.07, 6.45) is 7.75. The lowest BCUT2D eigenvalue weighted by Crippen LogP contribution is -2.33. The predicted octanol–water partition coefficient (Wildman–Crippen LogP) is 5.53. The predicted molar refractivity (Wildman–Crippen MR) is 151 cm³/mol. The number of ether oxygens (including phenoxy) is 1. The second-order valence-corrected chi connectivity index (χ2v) is 10.7. The van der Waals surface area contributed by atoms with Gasteiger partial charge < -0.3 is 19.0 Å². The Hall–Kier alpha value is -4.29. The Bertz CT molecular complexity index is 1480. The quantitative estimate of drug-likeness (QED) is 0.321. The Morgan fingerprint density at radius 1 is 1.03 bits per heavy atom. The van der Waals surface area contributed by atoms with Crippen LogP contribution in [0.4, 0.5) is 16.3 Å². The molecule has 1 saturated heterocycles. The fourth-order valence-corrected chi connectivity index (χ4v) is 4.33. The van der Waals surface area contributed by atoms with Crippen LogP contribution in [0.25, 0.3) is 5.65 Å². The van der Waals surface area contributed by atoms with Crippen LogP contribution in [0.2, 0.25) is 0 Å². The molecule has 1 aromatic carbocycles. The van der Waals surface area contributed by atoms with Crippen LogP contribution >= 0.6 is 0 Å². The molecule has 2 N–H and O–H groups in total. The average molecular weight is 527 g/mol. The number of hydrogen-bond donors (Lipinski definition) is 2. The third-order valence-corrected chi connectivity index (χ3v) is 6.52. The van der Waals surface area contributed by atoms with Gasteiger partial charge in [0.1, 0.15) is 29.5 Å². The molecule has 0 aliphatic carbocycles. The zero-order valence-corrected chi connectivity index (χ0v) is 22.7. The number of fused-ring (bicyclic) bond motifs is 1. The SMILES string of the molecule is CC(C)(C)c1cc(NC(=O)Nc2ccc(C#Cc3cn4cc(OCCN5CCCCC5)ccc4n3)cc2)no1. The summed E-state index contributed by atoms with van der Waals surface area (Å²) in [6.45, 7) is 10.0. The molecule has 4 heterocycles. The third-order valence-electron chi connectivity index (χ3n) is 6.52. The van der Waals surface area contributed by atoms with E-state index < -0.39 is 6.03 Å². The molecule has 9 nitrogen and oxygen atoms in total. The van der Waals surface area contributed by atoms with Crippen molar-refractivity contribution in [2.75, 3.05) is 36.9 Å². The maximum atomic E-state index is 12.3. The number of nitrogens with one attached hydrogen (secondary N) is 2. The Kier molecular flexibility index (Phi) is 7.84. The molecule has 2 amide bonds. The Morgan fingerprint density at radius 3 is 2.56 bits per heavy atom. The number of urea groups is 1. The van der Waals surface area contributed by atoms with Gasteiger partial charge in [0, 0.05) is 35.5 Å². The second kappa shape index (κ2) is 11.6. The maximum absolute atomic E-state index is 12.3. The number of amides is 2. The zero-order chi connectivity index (χ0) is 27.2. The molecule has 5 rings (SSSR count). The number of imidazole rings is 1. The van der Waals surface area contributed by atoms with Crippen molar-refractivity contribution in [2.24, 2.45) is 0 Å². The molecule has 9 heteroatoms. The number of rotatable bonds is 6. The first kappa shape index (κ1) is 26.3. The minimum Gasteiger partial charge on any atom is -0.491 e. The van der Waals surface area contributed by atoms with E-state index in [2.05, 4.69) is 37.5 Å². The summed E-state index contributed by atoms with van der Waals surface area (Å²) in [6, 6.07) is 12.5. The first-order valence-electron chi connectivity index (χ1n) is 13.3. The van der Waals surface area contributed by atoms with Crippen LogP contribution in [0.5, 0.6) is 5.75 Å². The third kappa shape index (κ3) is 7.18. The van der Waals surface area contributed by atoms with Crippen LogP contribution in [-0.2, 0) is 5.41 Å². The second-order valence-electron chi connectivity index (χ2n) is 10.7. The molecule has 0 saturated carbocycles. The van der Waals surface area contributed by atoms with Crippen molar-refractivity contribution in [2.45, 2.75) is 45.4 Å². The standard InChI is InChI=1S/C30H34N6O3/c1-30(2,3)26-19-27(34-39-26)33-29(37)32-23-10-7-22(8-11-23)9-12-24-20-36-21-25(13-14-28(36)31-24)38-18-17-35-15-5-4-6-16-35/h7-8,10-11,13-14,19-21H,4-6,15-18H2,1-3H3,(H2,32,33,34,37). The molecule has 0 spiro atoms. The molecule has 4 aromatic rings. The molecule has 39 heavy (non-hydrogen) atoms. The number of piperidine rings is 1. The Labute approximate surface area is 228 Å². The summed E-state index contributed by atoms with van der Waals surface area (Å²) < 4.78 is 13.2. The van der Waals surface area contributed by atoms with Gasteiger partial charge in [-0.05, 0) is 68.2 Å².